The van der Waals surface area contributed by atoms with Gasteiger partial charge >= 0.3 is 0 Å². The number of nitrogens with one attached hydrogen (secondary N) is 1. The van der Waals surface area contributed by atoms with Crippen molar-refractivity contribution in [2.75, 3.05) is 7.11 Å². The summed E-state index contributed by atoms with van der Waals surface area (Å²) in [5, 5.41) is 0. The van der Waals surface area contributed by atoms with Crippen LogP contribution < -0.4 is 10.6 Å². The van der Waals surface area contributed by atoms with E-state index in [0.717, 1.165) is 7.11 Å². The number of benzene rings is 1. The van der Waals surface area contributed by atoms with E-state index in [1.165, 1.54) is 24.3 Å². The van der Waals surface area contributed by atoms with Crippen molar-refractivity contribution in [3.05, 3.63) is 29.8 Å². The zero-order valence-corrected chi connectivity index (χ0v) is 8.74. The smallest absolute Gasteiger partial charge is 0.263 e. The van der Waals surface area contributed by atoms with Crippen LogP contribution in [0, 0.1) is 0 Å². The first-order valence-electron chi connectivity index (χ1n) is 3.92. The van der Waals surface area contributed by atoms with Crippen LogP contribution in [0.3, 0.4) is 0 Å². The summed E-state index contributed by atoms with van der Waals surface area (Å²) in [5.41, 5.74) is 4.95. The summed E-state index contributed by atoms with van der Waals surface area (Å²) < 4.78 is 23.0. The van der Waals surface area contributed by atoms with Gasteiger partial charge in [-0.1, -0.05) is 17.0 Å². The Bertz CT molecular complexity index is 469. The molecule has 0 radical (unpaired) electrons. The molecule has 0 aromatic heterocycles. The zero-order valence-electron chi connectivity index (χ0n) is 7.93. The second-order valence-electron chi connectivity index (χ2n) is 2.65. The minimum absolute atomic E-state index is 0.0814. The minimum Gasteiger partial charge on any atom is -0.366 e. The highest BCUT2D eigenvalue weighted by Gasteiger charge is 2.20. The van der Waals surface area contributed by atoms with E-state index in [2.05, 4.69) is 4.84 Å². The SMILES string of the molecule is CONS(=O)(=O)c1ccccc1C(N)=O. The van der Waals surface area contributed by atoms with Crippen LogP contribution in [0.1, 0.15) is 10.4 Å². The fourth-order valence-corrected chi connectivity index (χ4v) is 2.08. The van der Waals surface area contributed by atoms with Crippen molar-refractivity contribution < 1.29 is 18.0 Å². The van der Waals surface area contributed by atoms with E-state index < -0.39 is 15.9 Å². The molecule has 1 aromatic carbocycles. The van der Waals surface area contributed by atoms with Crippen molar-refractivity contribution in [1.29, 1.82) is 0 Å². The van der Waals surface area contributed by atoms with Gasteiger partial charge in [0, 0.05) is 0 Å². The number of amides is 1. The quantitative estimate of drug-likeness (QED) is 0.689. The lowest BCUT2D eigenvalue weighted by Crippen LogP contribution is -2.25. The Balaban J connectivity index is 3.31. The van der Waals surface area contributed by atoms with Crippen LogP contribution in [0.25, 0.3) is 0 Å². The summed E-state index contributed by atoms with van der Waals surface area (Å²) in [6.45, 7) is 0. The summed E-state index contributed by atoms with van der Waals surface area (Å²) >= 11 is 0. The Kier molecular flexibility index (Phi) is 3.40. The van der Waals surface area contributed by atoms with Gasteiger partial charge in [-0.05, 0) is 12.1 Å². The number of primary amides is 1. The first kappa shape index (κ1) is 11.6. The number of rotatable bonds is 4. The molecule has 1 amide bonds. The molecular formula is C8H10N2O4S. The van der Waals surface area contributed by atoms with Gasteiger partial charge < -0.3 is 5.73 Å². The van der Waals surface area contributed by atoms with E-state index in [1.54, 1.807) is 4.89 Å². The summed E-state index contributed by atoms with van der Waals surface area (Å²) in [6, 6.07) is 5.59. The van der Waals surface area contributed by atoms with Gasteiger partial charge in [0.1, 0.15) is 0 Å². The third-order valence-corrected chi connectivity index (χ3v) is 2.96. The van der Waals surface area contributed by atoms with Gasteiger partial charge in [-0.15, -0.1) is 0 Å². The fraction of sp³-hybridized carbons (Fsp3) is 0.125. The summed E-state index contributed by atoms with van der Waals surface area (Å²) in [5.74, 6) is -0.813. The third-order valence-electron chi connectivity index (χ3n) is 1.64. The largest absolute Gasteiger partial charge is 0.366 e. The molecule has 0 spiro atoms. The maximum Gasteiger partial charge on any atom is 0.263 e. The van der Waals surface area contributed by atoms with Crippen LogP contribution in [0.5, 0.6) is 0 Å². The molecule has 7 heteroatoms. The first-order valence-corrected chi connectivity index (χ1v) is 5.41. The van der Waals surface area contributed by atoms with Gasteiger partial charge in [0.15, 0.2) is 0 Å². The van der Waals surface area contributed by atoms with Crippen LogP contribution in [-0.4, -0.2) is 21.4 Å². The van der Waals surface area contributed by atoms with Gasteiger partial charge in [-0.2, -0.15) is 0 Å². The molecule has 0 fully saturated rings. The van der Waals surface area contributed by atoms with E-state index in [9.17, 15) is 13.2 Å². The van der Waals surface area contributed by atoms with Crippen molar-refractivity contribution in [1.82, 2.24) is 4.89 Å². The van der Waals surface area contributed by atoms with Crippen LogP contribution in [-0.2, 0) is 14.9 Å². The molecule has 3 N–H and O–H groups in total. The van der Waals surface area contributed by atoms with Gasteiger partial charge in [0.25, 0.3) is 10.0 Å². The molecule has 0 saturated heterocycles. The number of hydrogen-bond acceptors (Lipinski definition) is 4. The van der Waals surface area contributed by atoms with Crippen molar-refractivity contribution in [3.8, 4) is 0 Å². The highest BCUT2D eigenvalue weighted by molar-refractivity contribution is 7.89. The van der Waals surface area contributed by atoms with Crippen LogP contribution >= 0.6 is 0 Å². The van der Waals surface area contributed by atoms with Gasteiger partial charge in [-0.25, -0.2) is 8.42 Å². The molecule has 0 aliphatic heterocycles. The van der Waals surface area contributed by atoms with Crippen LogP contribution in [0.15, 0.2) is 29.2 Å². The zero-order chi connectivity index (χ0) is 11.5. The Morgan fingerprint density at radius 2 is 2.00 bits per heavy atom. The molecular weight excluding hydrogens is 220 g/mol. The number of hydrogen-bond donors (Lipinski definition) is 2. The average molecular weight is 230 g/mol. The van der Waals surface area contributed by atoms with Crippen LogP contribution in [0.2, 0.25) is 0 Å². The molecule has 0 heterocycles. The number of sulfonamides is 1. The first-order chi connectivity index (χ1) is 6.99. The van der Waals surface area contributed by atoms with Crippen molar-refractivity contribution in [3.63, 3.8) is 0 Å². The lowest BCUT2D eigenvalue weighted by molar-refractivity contribution is 0.0996. The third kappa shape index (κ3) is 2.52. The van der Waals surface area contributed by atoms with E-state index in [1.807, 2.05) is 0 Å². The lowest BCUT2D eigenvalue weighted by Gasteiger charge is -2.07. The lowest BCUT2D eigenvalue weighted by atomic mass is 10.2. The normalized spacial score (nSPS) is 11.3. The maximum absolute atomic E-state index is 11.5. The number of carbonyl (C=O) groups excluding carboxylic acids is 1. The van der Waals surface area contributed by atoms with E-state index in [-0.39, 0.29) is 10.5 Å². The average Bonchev–Trinajstić information content (AvgIpc) is 2.17. The summed E-state index contributed by atoms with van der Waals surface area (Å²) in [7, 11) is -2.70. The Morgan fingerprint density at radius 3 is 2.53 bits per heavy atom. The Hall–Kier alpha value is -1.44. The summed E-state index contributed by atoms with van der Waals surface area (Å²) in [6.07, 6.45) is 0. The molecule has 0 atom stereocenters. The van der Waals surface area contributed by atoms with E-state index in [4.69, 9.17) is 5.73 Å². The van der Waals surface area contributed by atoms with Crippen LogP contribution in [0.4, 0.5) is 0 Å². The molecule has 1 rings (SSSR count). The molecule has 15 heavy (non-hydrogen) atoms. The fourth-order valence-electron chi connectivity index (χ4n) is 1.06. The molecule has 1 aromatic rings. The van der Waals surface area contributed by atoms with Crippen molar-refractivity contribution in [2.45, 2.75) is 4.90 Å². The topological polar surface area (TPSA) is 98.5 Å². The van der Waals surface area contributed by atoms with Gasteiger partial charge in [0.05, 0.1) is 17.6 Å². The highest BCUT2D eigenvalue weighted by Crippen LogP contribution is 2.14. The molecule has 0 saturated carbocycles. The number of nitrogens with two attached hydrogens (primary N) is 1. The number of carbonyl (C=O) groups is 1. The second-order valence-corrected chi connectivity index (χ2v) is 4.26. The molecule has 0 unspecified atom stereocenters. The van der Waals surface area contributed by atoms with Gasteiger partial charge in [0.2, 0.25) is 5.91 Å². The van der Waals surface area contributed by atoms with Gasteiger partial charge in [-0.3, -0.25) is 9.63 Å². The molecule has 0 bridgehead atoms. The Morgan fingerprint density at radius 1 is 1.40 bits per heavy atom. The van der Waals surface area contributed by atoms with Crippen molar-refractivity contribution in [2.24, 2.45) is 5.73 Å². The molecule has 82 valence electrons. The second kappa shape index (κ2) is 4.39. The summed E-state index contributed by atoms with van der Waals surface area (Å²) in [4.78, 5) is 16.9. The van der Waals surface area contributed by atoms with E-state index in [0.29, 0.717) is 0 Å². The molecule has 0 aliphatic carbocycles. The Labute approximate surface area is 87.0 Å². The minimum atomic E-state index is -3.86. The predicted octanol–water partition coefficient (Wildman–Crippen LogP) is -0.375. The monoisotopic (exact) mass is 230 g/mol. The van der Waals surface area contributed by atoms with Crippen molar-refractivity contribution >= 4 is 15.9 Å². The van der Waals surface area contributed by atoms with E-state index >= 15 is 0 Å². The molecule has 0 aliphatic rings. The standard InChI is InChI=1S/C8H10N2O4S/c1-14-10-15(12,13)7-5-3-2-4-6(7)8(9)11/h2-5,10H,1H3,(H2,9,11). The molecule has 6 nitrogen and oxygen atoms in total. The highest BCUT2D eigenvalue weighted by atomic mass is 32.2. The predicted molar refractivity (Wildman–Crippen MR) is 52.3 cm³/mol. The maximum atomic E-state index is 11.5.